The lowest BCUT2D eigenvalue weighted by Crippen LogP contribution is -2.16. The summed E-state index contributed by atoms with van der Waals surface area (Å²) in [6.07, 6.45) is -5.53. The molecule has 0 saturated carbocycles. The van der Waals surface area contributed by atoms with Gasteiger partial charge in [-0.1, -0.05) is 0 Å². The Morgan fingerprint density at radius 2 is 1.88 bits per heavy atom. The minimum Gasteiger partial charge on any atom is -0.464 e. The van der Waals surface area contributed by atoms with E-state index in [1.807, 2.05) is 0 Å². The normalized spacial score (nSPS) is 11.9. The van der Waals surface area contributed by atoms with Crippen LogP contribution in [0.15, 0.2) is 29.1 Å². The highest BCUT2D eigenvalue weighted by molar-refractivity contribution is 5.76. The molecule has 0 amide bonds. The van der Waals surface area contributed by atoms with E-state index in [2.05, 4.69) is 15.0 Å². The van der Waals surface area contributed by atoms with Gasteiger partial charge in [-0.05, 0) is 24.3 Å². The Kier molecular flexibility index (Phi) is 4.19. The molecule has 0 bridgehead atoms. The van der Waals surface area contributed by atoms with Gasteiger partial charge in [-0.2, -0.15) is 18.2 Å². The van der Waals surface area contributed by atoms with Gasteiger partial charge in [0.05, 0.1) is 6.42 Å². The predicted octanol–water partition coefficient (Wildman–Crippen LogP) is 2.79. The summed E-state index contributed by atoms with van der Waals surface area (Å²) < 4.78 is 55.9. The lowest BCUT2D eigenvalue weighted by Gasteiger charge is -2.07. The van der Waals surface area contributed by atoms with Gasteiger partial charge in [0.1, 0.15) is 18.2 Å². The Hall–Kier alpha value is -2.91. The molecule has 132 valence electrons. The Labute approximate surface area is 138 Å². The summed E-state index contributed by atoms with van der Waals surface area (Å²) in [6.45, 7) is -0.666. The number of aryl methyl sites for hydroxylation is 1. The second-order valence-corrected chi connectivity index (χ2v) is 5.26. The highest BCUT2D eigenvalue weighted by Gasteiger charge is 2.27. The molecule has 0 fully saturated rings. The Bertz CT molecular complexity index is 961. The summed E-state index contributed by atoms with van der Waals surface area (Å²) in [7, 11) is 1.58. The van der Waals surface area contributed by atoms with E-state index in [-0.39, 0.29) is 17.2 Å². The number of nitrogens with zero attached hydrogens (tertiary/aromatic N) is 3. The average molecular weight is 356 g/mol. The van der Waals surface area contributed by atoms with Crippen LogP contribution in [-0.4, -0.2) is 32.3 Å². The minimum atomic E-state index is -4.37. The molecule has 0 radical (unpaired) electrons. The number of aromatic nitrogens is 4. The number of nitrogens with one attached hydrogen (secondary N) is 1. The third kappa shape index (κ3) is 3.62. The quantitative estimate of drug-likeness (QED) is 0.730. The van der Waals surface area contributed by atoms with Crippen LogP contribution in [0.1, 0.15) is 6.42 Å². The third-order valence-electron chi connectivity index (χ3n) is 3.43. The van der Waals surface area contributed by atoms with Crippen LogP contribution in [0.3, 0.4) is 0 Å². The van der Waals surface area contributed by atoms with E-state index in [0.29, 0.717) is 11.4 Å². The first-order valence-corrected chi connectivity index (χ1v) is 7.17. The first kappa shape index (κ1) is 16.9. The molecule has 2 heterocycles. The molecule has 6 nitrogen and oxygen atoms in total. The van der Waals surface area contributed by atoms with Crippen LogP contribution in [0, 0.1) is 5.82 Å². The van der Waals surface area contributed by atoms with Crippen molar-refractivity contribution in [1.82, 2.24) is 19.5 Å². The van der Waals surface area contributed by atoms with E-state index in [1.165, 1.54) is 28.8 Å². The fraction of sp³-hybridized carbons (Fsp3) is 0.267. The molecule has 2 aromatic heterocycles. The zero-order valence-corrected chi connectivity index (χ0v) is 12.9. The van der Waals surface area contributed by atoms with Gasteiger partial charge < -0.3 is 9.30 Å². The largest absolute Gasteiger partial charge is 0.464 e. The lowest BCUT2D eigenvalue weighted by molar-refractivity contribution is -0.139. The van der Waals surface area contributed by atoms with Crippen LogP contribution in [0.25, 0.3) is 22.6 Å². The van der Waals surface area contributed by atoms with Crippen molar-refractivity contribution in [3.05, 3.63) is 40.4 Å². The van der Waals surface area contributed by atoms with Crippen molar-refractivity contribution >= 4 is 11.2 Å². The maximum Gasteiger partial charge on any atom is 0.392 e. The Balaban J connectivity index is 1.96. The van der Waals surface area contributed by atoms with Crippen LogP contribution in [0.4, 0.5) is 17.6 Å². The average Bonchev–Trinajstić information content (AvgIpc) is 2.85. The predicted molar refractivity (Wildman–Crippen MR) is 80.7 cm³/mol. The number of fused-ring (bicyclic) bond motifs is 1. The number of imidazole rings is 1. The van der Waals surface area contributed by atoms with Gasteiger partial charge in [-0.15, -0.1) is 0 Å². The number of hydrogen-bond acceptors (Lipinski definition) is 4. The lowest BCUT2D eigenvalue weighted by atomic mass is 10.2. The first-order chi connectivity index (χ1) is 11.7. The number of H-pyrrole nitrogens is 1. The van der Waals surface area contributed by atoms with Gasteiger partial charge in [0.25, 0.3) is 11.6 Å². The summed E-state index contributed by atoms with van der Waals surface area (Å²) in [6, 6.07) is 5.16. The van der Waals surface area contributed by atoms with Gasteiger partial charge in [0.2, 0.25) is 0 Å². The van der Waals surface area contributed by atoms with Gasteiger partial charge >= 0.3 is 6.18 Å². The summed E-state index contributed by atoms with van der Waals surface area (Å²) in [5.74, 6) is -0.0562. The van der Waals surface area contributed by atoms with Gasteiger partial charge in [-0.3, -0.25) is 9.78 Å². The van der Waals surface area contributed by atoms with Crippen molar-refractivity contribution in [3.63, 3.8) is 0 Å². The van der Waals surface area contributed by atoms with Crippen molar-refractivity contribution in [2.75, 3.05) is 6.61 Å². The zero-order valence-electron chi connectivity index (χ0n) is 12.9. The fourth-order valence-electron chi connectivity index (χ4n) is 2.24. The Morgan fingerprint density at radius 1 is 1.20 bits per heavy atom. The van der Waals surface area contributed by atoms with Crippen LogP contribution >= 0.6 is 0 Å². The van der Waals surface area contributed by atoms with E-state index in [1.54, 1.807) is 7.05 Å². The molecule has 3 rings (SSSR count). The third-order valence-corrected chi connectivity index (χ3v) is 3.43. The minimum absolute atomic E-state index is 0.00463. The number of benzene rings is 1. The highest BCUT2D eigenvalue weighted by Crippen LogP contribution is 2.23. The number of aromatic amines is 1. The fourth-order valence-corrected chi connectivity index (χ4v) is 2.24. The molecule has 0 aliphatic carbocycles. The molecular formula is C15H12F4N4O2. The molecule has 0 aliphatic rings. The van der Waals surface area contributed by atoms with Gasteiger partial charge in [-0.25, -0.2) is 9.37 Å². The van der Waals surface area contributed by atoms with Gasteiger partial charge in [0, 0.05) is 12.6 Å². The number of ether oxygens (including phenoxy) is 1. The molecule has 1 aromatic carbocycles. The van der Waals surface area contributed by atoms with Crippen molar-refractivity contribution in [1.29, 1.82) is 0 Å². The van der Waals surface area contributed by atoms with Crippen molar-refractivity contribution < 1.29 is 22.3 Å². The molecule has 3 aromatic rings. The molecule has 0 atom stereocenters. The first-order valence-electron chi connectivity index (χ1n) is 7.17. The molecular weight excluding hydrogens is 344 g/mol. The van der Waals surface area contributed by atoms with Crippen LogP contribution in [-0.2, 0) is 7.05 Å². The number of rotatable bonds is 4. The van der Waals surface area contributed by atoms with Crippen molar-refractivity contribution in [2.24, 2.45) is 7.05 Å². The summed E-state index contributed by atoms with van der Waals surface area (Å²) >= 11 is 0. The van der Waals surface area contributed by atoms with E-state index in [9.17, 15) is 22.4 Å². The molecule has 0 spiro atoms. The smallest absolute Gasteiger partial charge is 0.392 e. The van der Waals surface area contributed by atoms with E-state index in [4.69, 9.17) is 4.74 Å². The SMILES string of the molecule is Cn1c(-c2ccc(F)cc2)nc2c(=O)[nH]c(OCCC(F)(F)F)nc21. The molecule has 0 aliphatic heterocycles. The van der Waals surface area contributed by atoms with E-state index >= 15 is 0 Å². The highest BCUT2D eigenvalue weighted by atomic mass is 19.4. The van der Waals surface area contributed by atoms with E-state index < -0.39 is 30.6 Å². The molecule has 0 unspecified atom stereocenters. The van der Waals surface area contributed by atoms with Crippen molar-refractivity contribution in [3.8, 4) is 17.4 Å². The zero-order chi connectivity index (χ0) is 18.2. The molecule has 0 saturated heterocycles. The summed E-state index contributed by atoms with van der Waals surface area (Å²) in [5, 5.41) is 0. The standard InChI is InChI=1S/C15H12F4N4O2/c1-23-11(8-2-4-9(16)5-3-8)20-10-12(23)21-14(22-13(10)24)25-7-6-15(17,18)19/h2-5H,6-7H2,1H3,(H,21,22,24). The molecule has 1 N–H and O–H groups in total. The monoisotopic (exact) mass is 356 g/mol. The second kappa shape index (κ2) is 6.19. The number of halogens is 4. The van der Waals surface area contributed by atoms with E-state index in [0.717, 1.165) is 0 Å². The topological polar surface area (TPSA) is 72.8 Å². The van der Waals surface area contributed by atoms with Crippen LogP contribution in [0.2, 0.25) is 0 Å². The Morgan fingerprint density at radius 3 is 2.52 bits per heavy atom. The summed E-state index contributed by atoms with van der Waals surface area (Å²) in [4.78, 5) is 22.5. The van der Waals surface area contributed by atoms with Crippen LogP contribution < -0.4 is 10.3 Å². The summed E-state index contributed by atoms with van der Waals surface area (Å²) in [5.41, 5.74) is 0.0619. The van der Waals surface area contributed by atoms with Crippen molar-refractivity contribution in [2.45, 2.75) is 12.6 Å². The maximum absolute atomic E-state index is 13.0. The second-order valence-electron chi connectivity index (χ2n) is 5.26. The number of hydrogen-bond donors (Lipinski definition) is 1. The van der Waals surface area contributed by atoms with Crippen LogP contribution in [0.5, 0.6) is 6.01 Å². The van der Waals surface area contributed by atoms with Gasteiger partial charge in [0.15, 0.2) is 11.2 Å². The maximum atomic E-state index is 13.0. The molecule has 25 heavy (non-hydrogen) atoms. The number of alkyl halides is 3. The molecule has 10 heteroatoms.